The summed E-state index contributed by atoms with van der Waals surface area (Å²) in [5, 5.41) is 12.0. The average Bonchev–Trinajstić information content (AvgIpc) is 3.03. The average molecular weight is 404 g/mol. The highest BCUT2D eigenvalue weighted by Crippen LogP contribution is 2.37. The Hall–Kier alpha value is -2.33. The topological polar surface area (TPSA) is 115 Å². The first kappa shape index (κ1) is 17.7. The van der Waals surface area contributed by atoms with E-state index in [0.29, 0.717) is 0 Å². The maximum absolute atomic E-state index is 14.2. The smallest absolute Gasteiger partial charge is 0.305 e. The molecule has 2 heterocycles. The second kappa shape index (κ2) is 6.35. The minimum absolute atomic E-state index is 0.106. The van der Waals surface area contributed by atoms with Crippen molar-refractivity contribution in [2.75, 3.05) is 5.32 Å². The maximum Gasteiger partial charge on any atom is 0.354 e. The molecule has 5 rings (SSSR count). The van der Waals surface area contributed by atoms with E-state index < -0.39 is 26.8 Å². The summed E-state index contributed by atoms with van der Waals surface area (Å²) in [7, 11) is -3.78. The summed E-state index contributed by atoms with van der Waals surface area (Å²) >= 11 is 0. The number of nitrogens with two attached hydrogens (primary N) is 1. The number of rotatable bonds is 3. The Kier molecular flexibility index (Phi) is 4.02. The molecular weight excluding hydrogens is 383 g/mol. The van der Waals surface area contributed by atoms with Gasteiger partial charge in [-0.1, -0.05) is 0 Å². The number of aromatic nitrogens is 3. The van der Waals surface area contributed by atoms with Crippen LogP contribution in [0.3, 0.4) is 0 Å². The molecule has 10 heteroatoms. The predicted molar refractivity (Wildman–Crippen MR) is 101 cm³/mol. The van der Waals surface area contributed by atoms with Gasteiger partial charge in [-0.25, -0.2) is 18.5 Å². The van der Waals surface area contributed by atoms with Crippen LogP contribution in [0.15, 0.2) is 15.6 Å². The second-order valence-electron chi connectivity index (χ2n) is 7.63. The Labute approximate surface area is 162 Å². The molecule has 8 nitrogen and oxygen atoms in total. The highest BCUT2D eigenvalue weighted by atomic mass is 32.2. The van der Waals surface area contributed by atoms with Crippen LogP contribution in [0.25, 0.3) is 0 Å². The van der Waals surface area contributed by atoms with E-state index in [1.165, 1.54) is 4.68 Å². The summed E-state index contributed by atoms with van der Waals surface area (Å²) in [4.78, 5) is 17.3. The van der Waals surface area contributed by atoms with Crippen LogP contribution in [-0.4, -0.2) is 25.0 Å². The van der Waals surface area contributed by atoms with Crippen molar-refractivity contribution in [3.05, 3.63) is 34.5 Å². The first-order chi connectivity index (χ1) is 13.4. The molecule has 0 bridgehead atoms. The molecule has 0 radical (unpaired) electrons. The van der Waals surface area contributed by atoms with Gasteiger partial charge in [0.25, 0.3) is 0 Å². The zero-order valence-electron chi connectivity index (χ0n) is 15.3. The maximum atomic E-state index is 14.2. The van der Waals surface area contributed by atoms with Gasteiger partial charge in [0.1, 0.15) is 0 Å². The van der Waals surface area contributed by atoms with Crippen LogP contribution in [0.4, 0.5) is 14.9 Å². The van der Waals surface area contributed by atoms with E-state index in [1.54, 1.807) is 0 Å². The molecule has 2 amide bonds. The zero-order valence-corrected chi connectivity index (χ0v) is 16.1. The lowest BCUT2D eigenvalue weighted by Crippen LogP contribution is -2.20. The number of hydrogen-bond acceptors (Lipinski definition) is 4. The van der Waals surface area contributed by atoms with Crippen LogP contribution >= 0.6 is 0 Å². The molecule has 0 aromatic carbocycles. The number of nitrogens with zero attached hydrogens (tertiary/aromatic N) is 4. The van der Waals surface area contributed by atoms with E-state index in [2.05, 4.69) is 14.8 Å². The number of amides is 2. The molecular formula is C18H21FN6O2S. The molecule has 2 aromatic heterocycles. The van der Waals surface area contributed by atoms with Gasteiger partial charge in [-0.2, -0.15) is 5.10 Å². The van der Waals surface area contributed by atoms with Crippen molar-refractivity contribution in [3.8, 4) is 0 Å². The molecule has 3 aliphatic carbocycles. The van der Waals surface area contributed by atoms with Gasteiger partial charge in [0.15, 0.2) is 15.7 Å². The van der Waals surface area contributed by atoms with Crippen molar-refractivity contribution in [2.24, 2.45) is 9.50 Å². The highest BCUT2D eigenvalue weighted by molar-refractivity contribution is 7.91. The van der Waals surface area contributed by atoms with Crippen molar-refractivity contribution < 1.29 is 13.4 Å². The summed E-state index contributed by atoms with van der Waals surface area (Å²) in [6, 6.07) is -0.739. The molecule has 1 fully saturated rings. The third kappa shape index (κ3) is 3.00. The van der Waals surface area contributed by atoms with E-state index in [4.69, 9.17) is 10.1 Å². The Balaban J connectivity index is 1.47. The lowest BCUT2D eigenvalue weighted by atomic mass is 10.1. The molecule has 3 N–H and O–H groups in total. The van der Waals surface area contributed by atoms with E-state index in [1.807, 2.05) is 0 Å². The minimum atomic E-state index is -3.78. The van der Waals surface area contributed by atoms with Crippen molar-refractivity contribution in [1.29, 1.82) is 0 Å². The number of urea groups is 1. The molecule has 1 saturated carbocycles. The molecule has 0 unspecified atom stereocenters. The van der Waals surface area contributed by atoms with Crippen molar-refractivity contribution in [1.82, 2.24) is 14.8 Å². The van der Waals surface area contributed by atoms with Gasteiger partial charge in [0, 0.05) is 11.4 Å². The number of aryl methyl sites for hydroxylation is 2. The lowest BCUT2D eigenvalue weighted by Gasteiger charge is -2.14. The first-order valence-electron chi connectivity index (χ1n) is 9.56. The number of anilines is 1. The van der Waals surface area contributed by atoms with Crippen molar-refractivity contribution in [2.45, 2.75) is 62.4 Å². The summed E-state index contributed by atoms with van der Waals surface area (Å²) in [6.07, 6.45) is 8.37. The Morgan fingerprint density at radius 1 is 1.21 bits per heavy atom. The van der Waals surface area contributed by atoms with Crippen LogP contribution in [0, 0.1) is 5.82 Å². The summed E-state index contributed by atoms with van der Waals surface area (Å²) in [5.41, 5.74) is 4.80. The fourth-order valence-corrected chi connectivity index (χ4v) is 5.03. The van der Waals surface area contributed by atoms with E-state index in [9.17, 15) is 13.4 Å². The fourth-order valence-electron chi connectivity index (χ4n) is 4.11. The van der Waals surface area contributed by atoms with E-state index in [-0.39, 0.29) is 6.04 Å². The lowest BCUT2D eigenvalue weighted by molar-refractivity contribution is 0.260. The highest BCUT2D eigenvalue weighted by Gasteiger charge is 2.30. The number of fused-ring (bicyclic) bond motifs is 2. The van der Waals surface area contributed by atoms with Crippen molar-refractivity contribution in [3.63, 3.8) is 0 Å². The number of carbonyl (C=O) groups is 1. The predicted octanol–water partition coefficient (Wildman–Crippen LogP) is 2.66. The van der Waals surface area contributed by atoms with Gasteiger partial charge in [-0.3, -0.25) is 9.67 Å². The SMILES string of the molecule is N[S@](=O)(=NC(=O)Nc1c2c(nc3c1CCC3)CCC2)c1nn(C2CC2)cc1F. The van der Waals surface area contributed by atoms with Gasteiger partial charge < -0.3 is 5.32 Å². The number of nitrogens with one attached hydrogen (secondary N) is 1. The first-order valence-corrected chi connectivity index (χ1v) is 11.1. The molecule has 28 heavy (non-hydrogen) atoms. The van der Waals surface area contributed by atoms with E-state index >= 15 is 0 Å². The monoisotopic (exact) mass is 404 g/mol. The van der Waals surface area contributed by atoms with Crippen LogP contribution in [0.5, 0.6) is 0 Å². The third-order valence-corrected chi connectivity index (χ3v) is 6.82. The molecule has 0 aliphatic heterocycles. The Morgan fingerprint density at radius 2 is 1.86 bits per heavy atom. The number of carbonyl (C=O) groups excluding carboxylic acids is 1. The largest absolute Gasteiger partial charge is 0.354 e. The van der Waals surface area contributed by atoms with Gasteiger partial charge >= 0.3 is 6.03 Å². The minimum Gasteiger partial charge on any atom is -0.305 e. The van der Waals surface area contributed by atoms with Gasteiger partial charge in [-0.15, -0.1) is 4.36 Å². The van der Waals surface area contributed by atoms with Crippen LogP contribution in [0.2, 0.25) is 0 Å². The van der Waals surface area contributed by atoms with Crippen LogP contribution < -0.4 is 10.5 Å². The fraction of sp³-hybridized carbons (Fsp3) is 0.500. The van der Waals surface area contributed by atoms with Crippen LogP contribution in [0.1, 0.15) is 54.2 Å². The summed E-state index contributed by atoms with van der Waals surface area (Å²) in [6.45, 7) is 0. The normalized spacial score (nSPS) is 19.8. The van der Waals surface area contributed by atoms with Gasteiger partial charge in [0.2, 0.25) is 5.03 Å². The molecule has 148 valence electrons. The standard InChI is InChI=1S/C18H21FN6O2S/c19-13-9-25(10-7-8-10)23-17(13)28(20,27)24-18(26)22-16-11-3-1-5-14(11)21-15-6-2-4-12(15)16/h9-10H,1-8H2,(H3,20,21,22,24,26,27)/t28-/m0/s1. The number of halogens is 1. The molecule has 1 atom stereocenters. The van der Waals surface area contributed by atoms with Crippen molar-refractivity contribution >= 4 is 21.6 Å². The summed E-state index contributed by atoms with van der Waals surface area (Å²) < 4.78 is 32.0. The number of hydrogen-bond donors (Lipinski definition) is 2. The van der Waals surface area contributed by atoms with Crippen LogP contribution in [-0.2, 0) is 35.6 Å². The molecule has 0 saturated heterocycles. The Bertz CT molecular complexity index is 1080. The molecule has 3 aliphatic rings. The second-order valence-corrected chi connectivity index (χ2v) is 9.33. The van der Waals surface area contributed by atoms with Gasteiger partial charge in [0.05, 0.1) is 17.9 Å². The van der Waals surface area contributed by atoms with E-state index in [0.717, 1.165) is 85.8 Å². The zero-order chi connectivity index (χ0) is 19.5. The molecule has 0 spiro atoms. The third-order valence-electron chi connectivity index (χ3n) is 5.56. The summed E-state index contributed by atoms with van der Waals surface area (Å²) in [5.74, 6) is -0.804. The molecule has 2 aromatic rings. The Morgan fingerprint density at radius 3 is 2.46 bits per heavy atom. The van der Waals surface area contributed by atoms with Gasteiger partial charge in [-0.05, 0) is 62.5 Å². The quantitative estimate of drug-likeness (QED) is 0.818. The number of pyridine rings is 1.